The first-order valence-electron chi connectivity index (χ1n) is 6.31. The molecule has 0 aliphatic carbocycles. The minimum Gasteiger partial charge on any atom is -0.494 e. The Hall–Kier alpha value is -2.68. The fraction of sp³-hybridized carbons (Fsp3) is 0.143. The summed E-state index contributed by atoms with van der Waals surface area (Å²) in [5, 5.41) is 13.9. The lowest BCUT2D eigenvalue weighted by Gasteiger charge is -2.10. The first-order valence-corrected chi connectivity index (χ1v) is 8.20. The zero-order valence-corrected chi connectivity index (χ0v) is 13.1. The van der Waals surface area contributed by atoms with Gasteiger partial charge >= 0.3 is 0 Å². The summed E-state index contributed by atoms with van der Waals surface area (Å²) in [5.74, 6) is -0.592. The van der Waals surface area contributed by atoms with Crippen LogP contribution in [0.15, 0.2) is 41.3 Å². The van der Waals surface area contributed by atoms with E-state index in [-0.39, 0.29) is 16.3 Å². The Balaban J connectivity index is 2.46. The second kappa shape index (κ2) is 6.21. The van der Waals surface area contributed by atoms with E-state index in [9.17, 15) is 22.9 Å². The maximum atomic E-state index is 13.4. The molecule has 0 radical (unpaired) electrons. The van der Waals surface area contributed by atoms with E-state index in [0.717, 1.165) is 18.4 Å². The zero-order chi connectivity index (χ0) is 17.2. The predicted molar refractivity (Wildman–Crippen MR) is 82.4 cm³/mol. The molecule has 0 amide bonds. The highest BCUT2D eigenvalue weighted by Gasteiger charge is 2.19. The maximum Gasteiger partial charge on any atom is 0.293 e. The molecule has 1 N–H and O–H groups in total. The van der Waals surface area contributed by atoms with Crippen molar-refractivity contribution in [2.75, 3.05) is 18.7 Å². The van der Waals surface area contributed by atoms with Crippen molar-refractivity contribution < 1.29 is 22.5 Å². The number of nitro groups is 1. The van der Waals surface area contributed by atoms with Gasteiger partial charge in [0.1, 0.15) is 5.69 Å². The number of hydrogen-bond acceptors (Lipinski definition) is 6. The van der Waals surface area contributed by atoms with Gasteiger partial charge in [-0.05, 0) is 24.3 Å². The van der Waals surface area contributed by atoms with Crippen LogP contribution >= 0.6 is 0 Å². The van der Waals surface area contributed by atoms with Gasteiger partial charge in [0.05, 0.1) is 16.9 Å². The van der Waals surface area contributed by atoms with Crippen LogP contribution in [0, 0.1) is 15.9 Å². The standard InChI is InChI=1S/C14H13FN2O5S/c1-22-14-7-9(3-5-11(14)15)16-12-6-4-10(23(2,20)21)8-13(12)17(18)19/h3-8,16H,1-2H3. The van der Waals surface area contributed by atoms with Crippen LogP contribution in [-0.2, 0) is 9.84 Å². The van der Waals surface area contributed by atoms with Crippen LogP contribution in [0.3, 0.4) is 0 Å². The fourth-order valence-corrected chi connectivity index (χ4v) is 2.53. The number of halogens is 1. The van der Waals surface area contributed by atoms with Crippen molar-refractivity contribution in [3.8, 4) is 5.75 Å². The van der Waals surface area contributed by atoms with Crippen LogP contribution in [0.25, 0.3) is 0 Å². The van der Waals surface area contributed by atoms with Crippen molar-refractivity contribution in [1.82, 2.24) is 0 Å². The average molecular weight is 340 g/mol. The van der Waals surface area contributed by atoms with E-state index in [1.807, 2.05) is 0 Å². The summed E-state index contributed by atoms with van der Waals surface area (Å²) in [6.07, 6.45) is 0.962. The number of methoxy groups -OCH3 is 1. The molecule has 0 saturated carbocycles. The summed E-state index contributed by atoms with van der Waals surface area (Å²) in [5.41, 5.74) is 0.0331. The normalized spacial score (nSPS) is 11.1. The van der Waals surface area contributed by atoms with Crippen molar-refractivity contribution in [3.63, 3.8) is 0 Å². The van der Waals surface area contributed by atoms with Crippen LogP contribution in [0.5, 0.6) is 5.75 Å². The minimum absolute atomic E-state index is 0.0228. The molecular formula is C14H13FN2O5S. The second-order valence-corrected chi connectivity index (χ2v) is 6.70. The van der Waals surface area contributed by atoms with E-state index in [0.29, 0.717) is 5.69 Å². The van der Waals surface area contributed by atoms with E-state index in [1.165, 1.54) is 31.4 Å². The van der Waals surface area contributed by atoms with Crippen LogP contribution < -0.4 is 10.1 Å². The number of benzene rings is 2. The monoisotopic (exact) mass is 340 g/mol. The summed E-state index contributed by atoms with van der Waals surface area (Å²) >= 11 is 0. The molecule has 0 heterocycles. The van der Waals surface area contributed by atoms with E-state index >= 15 is 0 Å². The van der Waals surface area contributed by atoms with E-state index in [2.05, 4.69) is 5.32 Å². The maximum absolute atomic E-state index is 13.4. The highest BCUT2D eigenvalue weighted by molar-refractivity contribution is 7.90. The quantitative estimate of drug-likeness (QED) is 0.664. The van der Waals surface area contributed by atoms with E-state index in [1.54, 1.807) is 0 Å². The van der Waals surface area contributed by atoms with Crippen LogP contribution in [0.1, 0.15) is 0 Å². The van der Waals surface area contributed by atoms with Crippen molar-refractivity contribution in [3.05, 3.63) is 52.3 Å². The molecule has 0 saturated heterocycles. The molecular weight excluding hydrogens is 327 g/mol. The molecule has 0 bridgehead atoms. The molecule has 0 aliphatic heterocycles. The molecule has 0 unspecified atom stereocenters. The van der Waals surface area contributed by atoms with Gasteiger partial charge < -0.3 is 10.1 Å². The highest BCUT2D eigenvalue weighted by Crippen LogP contribution is 2.31. The van der Waals surface area contributed by atoms with Crippen molar-refractivity contribution in [1.29, 1.82) is 0 Å². The molecule has 0 atom stereocenters. The molecule has 0 fully saturated rings. The first-order chi connectivity index (χ1) is 10.7. The summed E-state index contributed by atoms with van der Waals surface area (Å²) in [4.78, 5) is 10.3. The number of hydrogen-bond donors (Lipinski definition) is 1. The predicted octanol–water partition coefficient (Wildman–Crippen LogP) is 2.89. The van der Waals surface area contributed by atoms with Crippen LogP contribution in [0.4, 0.5) is 21.5 Å². The second-order valence-electron chi connectivity index (χ2n) is 4.68. The topological polar surface area (TPSA) is 98.5 Å². The summed E-state index contributed by atoms with van der Waals surface area (Å²) in [7, 11) is -2.27. The number of anilines is 2. The Morgan fingerprint density at radius 2 is 1.91 bits per heavy atom. The minimum atomic E-state index is -3.57. The molecule has 0 aliphatic rings. The molecule has 2 aromatic carbocycles. The average Bonchev–Trinajstić information content (AvgIpc) is 2.48. The molecule has 9 heteroatoms. The van der Waals surface area contributed by atoms with Crippen LogP contribution in [-0.4, -0.2) is 26.7 Å². The third-order valence-corrected chi connectivity index (χ3v) is 4.13. The SMILES string of the molecule is COc1cc(Nc2ccc(S(C)(=O)=O)cc2[N+](=O)[O-])ccc1F. The lowest BCUT2D eigenvalue weighted by molar-refractivity contribution is -0.384. The zero-order valence-electron chi connectivity index (χ0n) is 12.2. The summed E-state index contributed by atoms with van der Waals surface area (Å²) in [6, 6.07) is 7.38. The molecule has 0 spiro atoms. The van der Waals surface area contributed by atoms with Gasteiger partial charge in [-0.25, -0.2) is 12.8 Å². The smallest absolute Gasteiger partial charge is 0.293 e. The van der Waals surface area contributed by atoms with Crippen molar-refractivity contribution in [2.45, 2.75) is 4.90 Å². The molecule has 23 heavy (non-hydrogen) atoms. The third-order valence-electron chi connectivity index (χ3n) is 3.02. The van der Waals surface area contributed by atoms with Crippen molar-refractivity contribution in [2.24, 2.45) is 0 Å². The molecule has 2 rings (SSSR count). The Morgan fingerprint density at radius 3 is 2.48 bits per heavy atom. The summed E-state index contributed by atoms with van der Waals surface area (Å²) < 4.78 is 41.2. The van der Waals surface area contributed by atoms with Crippen molar-refractivity contribution >= 4 is 26.9 Å². The largest absolute Gasteiger partial charge is 0.494 e. The Kier molecular flexibility index (Phi) is 4.50. The van der Waals surface area contributed by atoms with Gasteiger partial charge in [0, 0.05) is 24.1 Å². The number of nitro benzene ring substituents is 1. The van der Waals surface area contributed by atoms with Gasteiger partial charge in [-0.2, -0.15) is 0 Å². The van der Waals surface area contributed by atoms with Gasteiger partial charge in [-0.1, -0.05) is 0 Å². The number of rotatable bonds is 5. The Morgan fingerprint density at radius 1 is 1.22 bits per heavy atom. The lowest BCUT2D eigenvalue weighted by Crippen LogP contribution is -2.02. The fourth-order valence-electron chi connectivity index (χ4n) is 1.89. The number of nitrogens with zero attached hydrogens (tertiary/aromatic N) is 1. The Bertz CT molecular complexity index is 867. The van der Waals surface area contributed by atoms with Gasteiger partial charge in [0.25, 0.3) is 5.69 Å². The highest BCUT2D eigenvalue weighted by atomic mass is 32.2. The molecule has 7 nitrogen and oxygen atoms in total. The van der Waals surface area contributed by atoms with E-state index < -0.39 is 26.3 Å². The number of nitrogens with one attached hydrogen (secondary N) is 1. The number of sulfone groups is 1. The molecule has 0 aromatic heterocycles. The number of ether oxygens (including phenoxy) is 1. The van der Waals surface area contributed by atoms with Gasteiger partial charge in [-0.3, -0.25) is 10.1 Å². The van der Waals surface area contributed by atoms with Gasteiger partial charge in [0.2, 0.25) is 0 Å². The van der Waals surface area contributed by atoms with Crippen LogP contribution in [0.2, 0.25) is 0 Å². The first kappa shape index (κ1) is 16.7. The third kappa shape index (κ3) is 3.75. The Labute approximate surface area is 131 Å². The van der Waals surface area contributed by atoms with E-state index in [4.69, 9.17) is 4.74 Å². The summed E-state index contributed by atoms with van der Waals surface area (Å²) in [6.45, 7) is 0. The van der Waals surface area contributed by atoms with Gasteiger partial charge in [0.15, 0.2) is 21.4 Å². The lowest BCUT2D eigenvalue weighted by atomic mass is 10.2. The molecule has 2 aromatic rings. The van der Waals surface area contributed by atoms with Gasteiger partial charge in [-0.15, -0.1) is 0 Å². The molecule has 122 valence electrons.